The summed E-state index contributed by atoms with van der Waals surface area (Å²) in [6, 6.07) is 7.59. The average molecular weight is 304 g/mol. The van der Waals surface area contributed by atoms with Crippen molar-refractivity contribution < 1.29 is 19.6 Å². The van der Waals surface area contributed by atoms with Gasteiger partial charge in [-0.15, -0.1) is 0 Å². The minimum Gasteiger partial charge on any atom is -0.496 e. The molecule has 2 rings (SSSR count). The number of hydrogen-bond donors (Lipinski definition) is 1. The number of piperidine rings is 1. The quantitative estimate of drug-likeness (QED) is 0.669. The van der Waals surface area contributed by atoms with Crippen LogP contribution in [0.15, 0.2) is 30.3 Å². The van der Waals surface area contributed by atoms with Crippen LogP contribution in [0.5, 0.6) is 5.75 Å². The number of methoxy groups -OCH3 is 1. The van der Waals surface area contributed by atoms with Crippen molar-refractivity contribution in [2.24, 2.45) is 5.92 Å². The maximum atomic E-state index is 12.1. The van der Waals surface area contributed by atoms with Gasteiger partial charge in [-0.05, 0) is 26.0 Å². The van der Waals surface area contributed by atoms with E-state index in [1.54, 1.807) is 13.2 Å². The van der Waals surface area contributed by atoms with Crippen molar-refractivity contribution in [1.29, 1.82) is 0 Å². The second-order valence-electron chi connectivity index (χ2n) is 6.24. The van der Waals surface area contributed by atoms with Crippen LogP contribution in [0.3, 0.4) is 0 Å². The fourth-order valence-corrected chi connectivity index (χ4v) is 2.96. The number of para-hydroxylation sites is 1. The Bertz CT molecular complexity index is 531. The zero-order chi connectivity index (χ0) is 16.0. The molecule has 0 saturated carbocycles. The standard InChI is InChI=1S/C18H25NO3/c1-18(2,15-10-12-19-13-11-15)22-17(20)9-8-14-6-4-5-7-16(14)21-3/h4-9,15,19H,10-13H2,1-3H3/p+1/b9-8-. The Balaban J connectivity index is 1.98. The van der Waals surface area contributed by atoms with Crippen LogP contribution >= 0.6 is 0 Å². The summed E-state index contributed by atoms with van der Waals surface area (Å²) in [5.74, 6) is 0.875. The molecule has 22 heavy (non-hydrogen) atoms. The Morgan fingerprint density at radius 2 is 1.95 bits per heavy atom. The van der Waals surface area contributed by atoms with Crippen LogP contribution in [0.1, 0.15) is 32.3 Å². The first-order valence-corrected chi connectivity index (χ1v) is 7.88. The summed E-state index contributed by atoms with van der Waals surface area (Å²) >= 11 is 0. The normalized spacial score (nSPS) is 16.7. The lowest BCUT2D eigenvalue weighted by molar-refractivity contribution is -0.665. The number of carbonyl (C=O) groups excluding carboxylic acids is 1. The number of nitrogens with two attached hydrogens (primary N) is 1. The lowest BCUT2D eigenvalue weighted by atomic mass is 9.83. The molecule has 0 aromatic heterocycles. The molecule has 2 N–H and O–H groups in total. The van der Waals surface area contributed by atoms with Crippen molar-refractivity contribution >= 4 is 12.0 Å². The molecule has 4 nitrogen and oxygen atoms in total. The lowest BCUT2D eigenvalue weighted by Crippen LogP contribution is -2.86. The van der Waals surface area contributed by atoms with Crippen molar-refractivity contribution in [2.45, 2.75) is 32.3 Å². The third kappa shape index (κ3) is 4.34. The van der Waals surface area contributed by atoms with Crippen LogP contribution in [0.2, 0.25) is 0 Å². The molecule has 1 aromatic rings. The van der Waals surface area contributed by atoms with Crippen molar-refractivity contribution in [1.82, 2.24) is 0 Å². The fourth-order valence-electron chi connectivity index (χ4n) is 2.96. The highest BCUT2D eigenvalue weighted by molar-refractivity contribution is 5.87. The van der Waals surface area contributed by atoms with E-state index in [1.807, 2.05) is 38.1 Å². The molecule has 1 aliphatic rings. The minimum absolute atomic E-state index is 0.301. The number of hydrogen-bond acceptors (Lipinski definition) is 3. The second kappa shape index (κ2) is 7.45. The molecular formula is C18H26NO3+. The number of carbonyl (C=O) groups is 1. The summed E-state index contributed by atoms with van der Waals surface area (Å²) in [5.41, 5.74) is 0.447. The zero-order valence-corrected chi connectivity index (χ0v) is 13.7. The molecule has 0 spiro atoms. The Morgan fingerprint density at radius 3 is 2.64 bits per heavy atom. The van der Waals surface area contributed by atoms with Crippen LogP contribution in [0, 0.1) is 5.92 Å². The van der Waals surface area contributed by atoms with E-state index in [2.05, 4.69) is 5.32 Å². The van der Waals surface area contributed by atoms with Gasteiger partial charge in [-0.1, -0.05) is 18.2 Å². The first-order valence-electron chi connectivity index (χ1n) is 7.88. The molecule has 4 heteroatoms. The summed E-state index contributed by atoms with van der Waals surface area (Å²) in [6.45, 7) is 6.25. The maximum absolute atomic E-state index is 12.1. The number of quaternary nitrogens is 1. The highest BCUT2D eigenvalue weighted by atomic mass is 16.6. The van der Waals surface area contributed by atoms with E-state index in [-0.39, 0.29) is 5.97 Å². The fraction of sp³-hybridized carbons (Fsp3) is 0.500. The van der Waals surface area contributed by atoms with Gasteiger partial charge in [0.15, 0.2) is 0 Å². The molecular weight excluding hydrogens is 278 g/mol. The van der Waals surface area contributed by atoms with Gasteiger partial charge in [-0.3, -0.25) is 0 Å². The van der Waals surface area contributed by atoms with Gasteiger partial charge in [0.25, 0.3) is 0 Å². The number of esters is 1. The van der Waals surface area contributed by atoms with Gasteiger partial charge in [0.05, 0.1) is 20.2 Å². The molecule has 0 aliphatic carbocycles. The zero-order valence-electron chi connectivity index (χ0n) is 13.7. The van der Waals surface area contributed by atoms with E-state index in [1.165, 1.54) is 6.08 Å². The van der Waals surface area contributed by atoms with Crippen molar-refractivity contribution in [3.05, 3.63) is 35.9 Å². The van der Waals surface area contributed by atoms with Crippen molar-refractivity contribution in [2.75, 3.05) is 20.2 Å². The minimum atomic E-state index is -0.420. The van der Waals surface area contributed by atoms with Crippen LogP contribution < -0.4 is 10.1 Å². The van der Waals surface area contributed by atoms with E-state index in [0.717, 1.165) is 37.2 Å². The van der Waals surface area contributed by atoms with Gasteiger partial charge < -0.3 is 14.8 Å². The molecule has 0 amide bonds. The van der Waals surface area contributed by atoms with Gasteiger partial charge in [0, 0.05) is 30.4 Å². The van der Waals surface area contributed by atoms with Crippen molar-refractivity contribution in [3.8, 4) is 5.75 Å². The van der Waals surface area contributed by atoms with Gasteiger partial charge in [-0.25, -0.2) is 4.79 Å². The van der Waals surface area contributed by atoms with E-state index >= 15 is 0 Å². The first-order chi connectivity index (χ1) is 10.5. The SMILES string of the molecule is COc1ccccc1/C=C\C(=O)OC(C)(C)C1CC[NH2+]CC1. The molecule has 1 saturated heterocycles. The maximum Gasteiger partial charge on any atom is 0.331 e. The molecule has 1 heterocycles. The molecule has 0 bridgehead atoms. The predicted octanol–water partition coefficient (Wildman–Crippen LogP) is 2.00. The summed E-state index contributed by atoms with van der Waals surface area (Å²) in [4.78, 5) is 12.1. The second-order valence-corrected chi connectivity index (χ2v) is 6.24. The first kappa shape index (κ1) is 16.6. The third-order valence-corrected chi connectivity index (χ3v) is 4.32. The van der Waals surface area contributed by atoms with Gasteiger partial charge in [0.2, 0.25) is 0 Å². The van der Waals surface area contributed by atoms with Gasteiger partial charge >= 0.3 is 5.97 Å². The average Bonchev–Trinajstić information content (AvgIpc) is 2.53. The topological polar surface area (TPSA) is 52.1 Å². The molecule has 0 radical (unpaired) electrons. The summed E-state index contributed by atoms with van der Waals surface area (Å²) < 4.78 is 11.0. The Kier molecular flexibility index (Phi) is 5.61. The van der Waals surface area contributed by atoms with Gasteiger partial charge in [0.1, 0.15) is 11.4 Å². The number of rotatable bonds is 5. The summed E-state index contributed by atoms with van der Waals surface area (Å²) in [6.07, 6.45) is 5.41. The molecule has 120 valence electrons. The van der Waals surface area contributed by atoms with E-state index in [9.17, 15) is 4.79 Å². The molecule has 0 atom stereocenters. The van der Waals surface area contributed by atoms with Crippen LogP contribution in [0.4, 0.5) is 0 Å². The molecule has 1 fully saturated rings. The molecule has 1 aliphatic heterocycles. The highest BCUT2D eigenvalue weighted by Gasteiger charge is 2.34. The lowest BCUT2D eigenvalue weighted by Gasteiger charge is -2.35. The smallest absolute Gasteiger partial charge is 0.331 e. The molecule has 0 unspecified atom stereocenters. The number of benzene rings is 1. The Morgan fingerprint density at radius 1 is 1.27 bits per heavy atom. The predicted molar refractivity (Wildman–Crippen MR) is 86.6 cm³/mol. The molecule has 1 aromatic carbocycles. The Labute approximate surface area is 132 Å². The highest BCUT2D eigenvalue weighted by Crippen LogP contribution is 2.28. The van der Waals surface area contributed by atoms with Crippen molar-refractivity contribution in [3.63, 3.8) is 0 Å². The van der Waals surface area contributed by atoms with E-state index in [0.29, 0.717) is 5.92 Å². The largest absolute Gasteiger partial charge is 0.496 e. The van der Waals surface area contributed by atoms with Crippen LogP contribution in [-0.2, 0) is 9.53 Å². The van der Waals surface area contributed by atoms with E-state index < -0.39 is 5.60 Å². The third-order valence-electron chi connectivity index (χ3n) is 4.32. The van der Waals surface area contributed by atoms with Crippen LogP contribution in [-0.4, -0.2) is 31.8 Å². The Hall–Kier alpha value is -1.81. The van der Waals surface area contributed by atoms with Crippen LogP contribution in [0.25, 0.3) is 6.08 Å². The number of ether oxygens (including phenoxy) is 2. The van der Waals surface area contributed by atoms with Gasteiger partial charge in [-0.2, -0.15) is 0 Å². The van der Waals surface area contributed by atoms with E-state index in [4.69, 9.17) is 9.47 Å². The summed E-state index contributed by atoms with van der Waals surface area (Å²) in [5, 5.41) is 2.32. The monoisotopic (exact) mass is 304 g/mol. The summed E-state index contributed by atoms with van der Waals surface area (Å²) in [7, 11) is 1.62.